The topological polar surface area (TPSA) is 91.7 Å². The van der Waals surface area contributed by atoms with Crippen LogP contribution in [0.3, 0.4) is 0 Å². The summed E-state index contributed by atoms with van der Waals surface area (Å²) in [5, 5.41) is 16.0. The standard InChI is InChI=1S/C21H20BrN7O/c1-28-11-15(10-24-28)14-8-18-19(23-9-14)26-27-20(18)25-17-6-7-29(12-17)21(30)13-2-4-16(22)5-3-13/h2-5,8-11,17H,6-7,12H2,1H3,(H2,23,25,26,27)/t17-/m1/s1. The Bertz CT molecular complexity index is 1210. The minimum absolute atomic E-state index is 0.0548. The first-order chi connectivity index (χ1) is 14.6. The van der Waals surface area contributed by atoms with Crippen LogP contribution in [0.15, 0.2) is 53.4 Å². The van der Waals surface area contributed by atoms with Crippen molar-refractivity contribution in [2.45, 2.75) is 12.5 Å². The lowest BCUT2D eigenvalue weighted by Gasteiger charge is -2.17. The molecule has 9 heteroatoms. The molecule has 1 amide bonds. The van der Waals surface area contributed by atoms with E-state index in [0.29, 0.717) is 18.7 Å². The molecule has 1 atom stereocenters. The molecular weight excluding hydrogens is 446 g/mol. The van der Waals surface area contributed by atoms with E-state index in [4.69, 9.17) is 0 Å². The highest BCUT2D eigenvalue weighted by molar-refractivity contribution is 9.10. The largest absolute Gasteiger partial charge is 0.363 e. The Morgan fingerprint density at radius 2 is 2.07 bits per heavy atom. The summed E-state index contributed by atoms with van der Waals surface area (Å²) in [6, 6.07) is 9.67. The van der Waals surface area contributed by atoms with Crippen molar-refractivity contribution in [3.63, 3.8) is 0 Å². The second kappa shape index (κ2) is 7.56. The third kappa shape index (κ3) is 3.56. The zero-order valence-corrected chi connectivity index (χ0v) is 17.9. The zero-order valence-electron chi connectivity index (χ0n) is 16.3. The fourth-order valence-electron chi connectivity index (χ4n) is 3.77. The number of carbonyl (C=O) groups is 1. The predicted molar refractivity (Wildman–Crippen MR) is 118 cm³/mol. The van der Waals surface area contributed by atoms with Crippen LogP contribution in [-0.2, 0) is 7.05 Å². The van der Waals surface area contributed by atoms with Crippen molar-refractivity contribution in [2.75, 3.05) is 18.4 Å². The number of anilines is 1. The smallest absolute Gasteiger partial charge is 0.253 e. The third-order valence-corrected chi connectivity index (χ3v) is 5.89. The maximum atomic E-state index is 12.8. The minimum Gasteiger partial charge on any atom is -0.363 e. The van der Waals surface area contributed by atoms with Crippen LogP contribution >= 0.6 is 15.9 Å². The molecule has 0 saturated carbocycles. The van der Waals surface area contributed by atoms with E-state index in [0.717, 1.165) is 38.9 Å². The molecule has 5 rings (SSSR count). The van der Waals surface area contributed by atoms with Gasteiger partial charge < -0.3 is 10.2 Å². The van der Waals surface area contributed by atoms with Crippen LogP contribution in [0.2, 0.25) is 0 Å². The molecule has 3 aromatic heterocycles. The SMILES string of the molecule is Cn1cc(-c2cnc3[nH]nc(N[C@@H]4CCN(C(=O)c5ccc(Br)cc5)C4)c3c2)cn1. The first kappa shape index (κ1) is 18.8. The van der Waals surface area contributed by atoms with E-state index in [1.807, 2.05) is 54.8 Å². The average Bonchev–Trinajstić information content (AvgIpc) is 3.49. The molecular formula is C21H20BrN7O. The molecule has 0 aliphatic carbocycles. The summed E-state index contributed by atoms with van der Waals surface area (Å²) in [6.45, 7) is 1.35. The van der Waals surface area contributed by atoms with Crippen LogP contribution in [0.25, 0.3) is 22.2 Å². The number of aryl methyl sites for hydroxylation is 1. The van der Waals surface area contributed by atoms with E-state index in [1.54, 1.807) is 4.68 Å². The van der Waals surface area contributed by atoms with Gasteiger partial charge in [0.1, 0.15) is 0 Å². The second-order valence-electron chi connectivity index (χ2n) is 7.48. The van der Waals surface area contributed by atoms with Crippen LogP contribution in [-0.4, -0.2) is 54.9 Å². The molecule has 1 aliphatic heterocycles. The molecule has 1 aromatic carbocycles. The lowest BCUT2D eigenvalue weighted by Crippen LogP contribution is -2.31. The first-order valence-corrected chi connectivity index (χ1v) is 10.5. The van der Waals surface area contributed by atoms with Gasteiger partial charge in [0.15, 0.2) is 11.5 Å². The van der Waals surface area contributed by atoms with Crippen molar-refractivity contribution >= 4 is 38.7 Å². The molecule has 1 fully saturated rings. The number of nitrogens with one attached hydrogen (secondary N) is 2. The Morgan fingerprint density at radius 1 is 1.23 bits per heavy atom. The Balaban J connectivity index is 1.32. The molecule has 1 aliphatic rings. The number of pyridine rings is 1. The Hall–Kier alpha value is -3.20. The highest BCUT2D eigenvalue weighted by Gasteiger charge is 2.27. The number of aromatic amines is 1. The number of likely N-dealkylation sites (tertiary alicyclic amines) is 1. The number of carbonyl (C=O) groups excluding carboxylic acids is 1. The average molecular weight is 466 g/mol. The van der Waals surface area contributed by atoms with Crippen LogP contribution in [0, 0.1) is 0 Å². The van der Waals surface area contributed by atoms with Crippen molar-refractivity contribution in [1.82, 2.24) is 29.9 Å². The summed E-state index contributed by atoms with van der Waals surface area (Å²) in [7, 11) is 1.89. The first-order valence-electron chi connectivity index (χ1n) is 9.71. The van der Waals surface area contributed by atoms with Crippen molar-refractivity contribution in [1.29, 1.82) is 0 Å². The van der Waals surface area contributed by atoms with E-state index in [1.165, 1.54) is 0 Å². The van der Waals surface area contributed by atoms with Gasteiger partial charge in [0.2, 0.25) is 0 Å². The number of amides is 1. The van der Waals surface area contributed by atoms with Crippen LogP contribution in [0.1, 0.15) is 16.8 Å². The summed E-state index contributed by atoms with van der Waals surface area (Å²) in [5.74, 6) is 0.811. The highest BCUT2D eigenvalue weighted by atomic mass is 79.9. The maximum absolute atomic E-state index is 12.8. The predicted octanol–water partition coefficient (Wildman–Crippen LogP) is 3.45. The van der Waals surface area contributed by atoms with Crippen molar-refractivity contribution in [3.05, 3.63) is 59.0 Å². The van der Waals surface area contributed by atoms with Gasteiger partial charge in [0.25, 0.3) is 5.91 Å². The van der Waals surface area contributed by atoms with Crippen LogP contribution < -0.4 is 5.32 Å². The van der Waals surface area contributed by atoms with Crippen LogP contribution in [0.4, 0.5) is 5.82 Å². The summed E-state index contributed by atoms with van der Waals surface area (Å²) in [5.41, 5.74) is 3.42. The molecule has 0 spiro atoms. The molecule has 30 heavy (non-hydrogen) atoms. The molecule has 152 valence electrons. The Morgan fingerprint density at radius 3 is 2.83 bits per heavy atom. The maximum Gasteiger partial charge on any atom is 0.253 e. The zero-order chi connectivity index (χ0) is 20.7. The lowest BCUT2D eigenvalue weighted by atomic mass is 10.1. The van der Waals surface area contributed by atoms with Crippen molar-refractivity contribution in [2.24, 2.45) is 7.05 Å². The van der Waals surface area contributed by atoms with Gasteiger partial charge in [0.05, 0.1) is 11.6 Å². The van der Waals surface area contributed by atoms with Gasteiger partial charge in [-0.2, -0.15) is 10.2 Å². The van der Waals surface area contributed by atoms with E-state index in [9.17, 15) is 4.79 Å². The molecule has 0 bridgehead atoms. The lowest BCUT2D eigenvalue weighted by molar-refractivity contribution is 0.0791. The Kier molecular flexibility index (Phi) is 4.74. The fraction of sp³-hybridized carbons (Fsp3) is 0.238. The Labute approximate surface area is 181 Å². The van der Waals surface area contributed by atoms with E-state index in [-0.39, 0.29) is 11.9 Å². The second-order valence-corrected chi connectivity index (χ2v) is 8.40. The van der Waals surface area contributed by atoms with Gasteiger partial charge in [-0.05, 0) is 36.8 Å². The van der Waals surface area contributed by atoms with Crippen LogP contribution in [0.5, 0.6) is 0 Å². The van der Waals surface area contributed by atoms with E-state index < -0.39 is 0 Å². The molecule has 4 heterocycles. The highest BCUT2D eigenvalue weighted by Crippen LogP contribution is 2.27. The molecule has 4 aromatic rings. The van der Waals surface area contributed by atoms with Crippen molar-refractivity contribution < 1.29 is 4.79 Å². The normalized spacial score (nSPS) is 16.3. The van der Waals surface area contributed by atoms with Gasteiger partial charge in [-0.25, -0.2) is 4.98 Å². The number of halogens is 1. The molecule has 0 unspecified atom stereocenters. The van der Waals surface area contributed by atoms with E-state index >= 15 is 0 Å². The number of benzene rings is 1. The van der Waals surface area contributed by atoms with E-state index in [2.05, 4.69) is 47.6 Å². The number of nitrogens with zero attached hydrogens (tertiary/aromatic N) is 5. The molecule has 8 nitrogen and oxygen atoms in total. The number of hydrogen-bond acceptors (Lipinski definition) is 5. The molecule has 2 N–H and O–H groups in total. The van der Waals surface area contributed by atoms with Gasteiger partial charge >= 0.3 is 0 Å². The monoisotopic (exact) mass is 465 g/mol. The number of aromatic nitrogens is 5. The minimum atomic E-state index is 0.0548. The summed E-state index contributed by atoms with van der Waals surface area (Å²) >= 11 is 3.41. The fourth-order valence-corrected chi connectivity index (χ4v) is 4.04. The summed E-state index contributed by atoms with van der Waals surface area (Å²) in [4.78, 5) is 19.1. The molecule has 1 saturated heterocycles. The number of H-pyrrole nitrogens is 1. The number of fused-ring (bicyclic) bond motifs is 1. The van der Waals surface area contributed by atoms with Gasteiger partial charge in [-0.3, -0.25) is 14.6 Å². The summed E-state index contributed by atoms with van der Waals surface area (Å²) < 4.78 is 2.73. The number of rotatable bonds is 4. The van der Waals surface area contributed by atoms with Gasteiger partial charge in [0, 0.05) is 59.7 Å². The van der Waals surface area contributed by atoms with Gasteiger partial charge in [-0.1, -0.05) is 15.9 Å². The van der Waals surface area contributed by atoms with Crippen molar-refractivity contribution in [3.8, 4) is 11.1 Å². The van der Waals surface area contributed by atoms with Gasteiger partial charge in [-0.15, -0.1) is 0 Å². The summed E-state index contributed by atoms with van der Waals surface area (Å²) in [6.07, 6.45) is 6.46. The quantitative estimate of drug-likeness (QED) is 0.481. The third-order valence-electron chi connectivity index (χ3n) is 5.36. The number of hydrogen-bond donors (Lipinski definition) is 2. The molecule has 0 radical (unpaired) electrons.